The van der Waals surface area contributed by atoms with Crippen molar-refractivity contribution in [2.45, 2.75) is 6.92 Å². The summed E-state index contributed by atoms with van der Waals surface area (Å²) in [6.07, 6.45) is 0. The second kappa shape index (κ2) is 2.05. The summed E-state index contributed by atoms with van der Waals surface area (Å²) >= 11 is 0. The summed E-state index contributed by atoms with van der Waals surface area (Å²) in [5, 5.41) is 7.78. The molecule has 1 radical (unpaired) electrons. The maximum absolute atomic E-state index is 3.97. The molecule has 55 valence electrons. The number of nitrogens with zero attached hydrogens (tertiary/aromatic N) is 3. The summed E-state index contributed by atoms with van der Waals surface area (Å²) in [7, 11) is 3.69. The number of hydrogen-bond acceptors (Lipinski definition) is 2. The fourth-order valence-electron chi connectivity index (χ4n) is 1.13. The van der Waals surface area contributed by atoms with Crippen molar-refractivity contribution in [1.29, 1.82) is 0 Å². The SMILES string of the molecule is [CH2]n1nnc2c(C)cccc21. The molecule has 3 nitrogen and oxygen atoms in total. The molecule has 1 aromatic heterocycles. The number of aryl methyl sites for hydroxylation is 1. The van der Waals surface area contributed by atoms with Gasteiger partial charge in [0.25, 0.3) is 0 Å². The average Bonchev–Trinajstić information content (AvgIpc) is 2.35. The van der Waals surface area contributed by atoms with Gasteiger partial charge in [-0.2, -0.15) is 0 Å². The number of aromatic nitrogens is 3. The van der Waals surface area contributed by atoms with E-state index >= 15 is 0 Å². The molecule has 0 aliphatic carbocycles. The van der Waals surface area contributed by atoms with Gasteiger partial charge in [-0.05, 0) is 18.6 Å². The van der Waals surface area contributed by atoms with Gasteiger partial charge in [-0.15, -0.1) is 5.10 Å². The summed E-state index contributed by atoms with van der Waals surface area (Å²) < 4.78 is 1.53. The van der Waals surface area contributed by atoms with Crippen LogP contribution in [0.2, 0.25) is 0 Å². The Morgan fingerprint density at radius 2 is 2.27 bits per heavy atom. The zero-order chi connectivity index (χ0) is 7.84. The van der Waals surface area contributed by atoms with Crippen molar-refractivity contribution in [3.63, 3.8) is 0 Å². The smallest absolute Gasteiger partial charge is 0.116 e. The Kier molecular flexibility index (Phi) is 1.18. The lowest BCUT2D eigenvalue weighted by atomic mass is 10.2. The van der Waals surface area contributed by atoms with Crippen molar-refractivity contribution in [1.82, 2.24) is 15.0 Å². The third-order valence-corrected chi connectivity index (χ3v) is 1.75. The van der Waals surface area contributed by atoms with Crippen molar-refractivity contribution in [2.24, 2.45) is 0 Å². The Morgan fingerprint density at radius 1 is 1.45 bits per heavy atom. The van der Waals surface area contributed by atoms with Crippen molar-refractivity contribution < 1.29 is 0 Å². The molecule has 0 fully saturated rings. The summed E-state index contributed by atoms with van der Waals surface area (Å²) in [4.78, 5) is 0. The van der Waals surface area contributed by atoms with Crippen molar-refractivity contribution >= 4 is 11.0 Å². The van der Waals surface area contributed by atoms with Crippen LogP contribution in [0.5, 0.6) is 0 Å². The minimum absolute atomic E-state index is 0.933. The van der Waals surface area contributed by atoms with E-state index in [0.717, 1.165) is 16.6 Å². The van der Waals surface area contributed by atoms with Gasteiger partial charge >= 0.3 is 0 Å². The summed E-state index contributed by atoms with van der Waals surface area (Å²) in [6, 6.07) is 5.94. The molecule has 0 atom stereocenters. The van der Waals surface area contributed by atoms with E-state index in [0.29, 0.717) is 0 Å². The average molecular weight is 146 g/mol. The molecule has 1 heterocycles. The highest BCUT2D eigenvalue weighted by molar-refractivity contribution is 5.77. The van der Waals surface area contributed by atoms with Gasteiger partial charge < -0.3 is 0 Å². The molecule has 0 spiro atoms. The molecule has 0 N–H and O–H groups in total. The molecule has 0 aliphatic rings. The first-order chi connectivity index (χ1) is 5.29. The largest absolute Gasteiger partial charge is 0.243 e. The van der Waals surface area contributed by atoms with E-state index < -0.39 is 0 Å². The maximum Gasteiger partial charge on any atom is 0.116 e. The van der Waals surface area contributed by atoms with E-state index in [4.69, 9.17) is 0 Å². The van der Waals surface area contributed by atoms with E-state index in [2.05, 4.69) is 17.4 Å². The molecule has 3 heteroatoms. The Morgan fingerprint density at radius 3 is 3.00 bits per heavy atom. The van der Waals surface area contributed by atoms with Crippen LogP contribution in [0.1, 0.15) is 5.56 Å². The highest BCUT2D eigenvalue weighted by Gasteiger charge is 2.01. The second-order valence-corrected chi connectivity index (χ2v) is 2.53. The standard InChI is InChI=1S/C8H8N3/c1-6-4-3-5-7-8(6)9-10-11(7)2/h3-5H,2H2,1H3. The Balaban J connectivity index is 2.94. The zero-order valence-corrected chi connectivity index (χ0v) is 6.28. The highest BCUT2D eigenvalue weighted by Crippen LogP contribution is 2.13. The van der Waals surface area contributed by atoms with E-state index in [9.17, 15) is 0 Å². The lowest BCUT2D eigenvalue weighted by molar-refractivity contribution is 0.820. The Hall–Kier alpha value is -1.38. The predicted molar refractivity (Wildman–Crippen MR) is 43.0 cm³/mol. The number of rotatable bonds is 0. The van der Waals surface area contributed by atoms with Gasteiger partial charge in [-0.3, -0.25) is 0 Å². The molecule has 0 saturated carbocycles. The maximum atomic E-state index is 3.97. The molecule has 0 aliphatic heterocycles. The lowest BCUT2D eigenvalue weighted by Gasteiger charge is -1.92. The van der Waals surface area contributed by atoms with Crippen LogP contribution in [0.15, 0.2) is 18.2 Å². The quantitative estimate of drug-likeness (QED) is 0.562. The first-order valence-electron chi connectivity index (χ1n) is 3.41. The van der Waals surface area contributed by atoms with Crippen molar-refractivity contribution in [3.05, 3.63) is 30.8 Å². The predicted octanol–water partition coefficient (Wildman–Crippen LogP) is 1.38. The van der Waals surface area contributed by atoms with E-state index in [1.54, 1.807) is 0 Å². The number of hydrogen-bond donors (Lipinski definition) is 0. The minimum Gasteiger partial charge on any atom is -0.243 e. The highest BCUT2D eigenvalue weighted by atomic mass is 15.4. The molecule has 1 aromatic carbocycles. The number of benzene rings is 1. The first-order valence-corrected chi connectivity index (χ1v) is 3.41. The second-order valence-electron chi connectivity index (χ2n) is 2.53. The van der Waals surface area contributed by atoms with Crippen LogP contribution in [0.3, 0.4) is 0 Å². The van der Waals surface area contributed by atoms with Crippen LogP contribution in [0, 0.1) is 14.0 Å². The minimum atomic E-state index is 0.933. The monoisotopic (exact) mass is 146 g/mol. The molecular weight excluding hydrogens is 138 g/mol. The van der Waals surface area contributed by atoms with Gasteiger partial charge in [-0.1, -0.05) is 17.3 Å². The summed E-state index contributed by atoms with van der Waals surface area (Å²) in [5.41, 5.74) is 3.05. The third-order valence-electron chi connectivity index (χ3n) is 1.75. The van der Waals surface area contributed by atoms with E-state index in [1.165, 1.54) is 4.68 Å². The molecule has 0 unspecified atom stereocenters. The van der Waals surface area contributed by atoms with Crippen LogP contribution < -0.4 is 0 Å². The molecule has 2 rings (SSSR count). The van der Waals surface area contributed by atoms with Crippen LogP contribution in [-0.2, 0) is 0 Å². The topological polar surface area (TPSA) is 30.7 Å². The van der Waals surface area contributed by atoms with Crippen molar-refractivity contribution in [3.8, 4) is 0 Å². The molecule has 0 bridgehead atoms. The summed E-state index contributed by atoms with van der Waals surface area (Å²) in [6.45, 7) is 2.01. The van der Waals surface area contributed by atoms with E-state index in [-0.39, 0.29) is 0 Å². The molecule has 2 aromatic rings. The number of fused-ring (bicyclic) bond motifs is 1. The third kappa shape index (κ3) is 0.808. The first kappa shape index (κ1) is 6.34. The molecule has 11 heavy (non-hydrogen) atoms. The van der Waals surface area contributed by atoms with Gasteiger partial charge in [-0.25, -0.2) is 4.68 Å². The normalized spacial score (nSPS) is 10.7. The van der Waals surface area contributed by atoms with Gasteiger partial charge in [0.15, 0.2) is 0 Å². The molecule has 0 amide bonds. The van der Waals surface area contributed by atoms with Crippen molar-refractivity contribution in [2.75, 3.05) is 0 Å². The van der Waals surface area contributed by atoms with Crippen LogP contribution in [0.25, 0.3) is 11.0 Å². The fraction of sp³-hybridized carbons (Fsp3) is 0.125. The van der Waals surface area contributed by atoms with E-state index in [1.807, 2.05) is 25.1 Å². The van der Waals surface area contributed by atoms with Gasteiger partial charge in [0.1, 0.15) is 5.52 Å². The Labute approximate surface area is 64.6 Å². The Bertz CT molecular complexity index is 389. The van der Waals surface area contributed by atoms with Crippen LogP contribution in [-0.4, -0.2) is 15.0 Å². The fourth-order valence-corrected chi connectivity index (χ4v) is 1.13. The lowest BCUT2D eigenvalue weighted by Crippen LogP contribution is -1.85. The van der Waals surface area contributed by atoms with Gasteiger partial charge in [0, 0.05) is 0 Å². The molecule has 0 saturated heterocycles. The zero-order valence-electron chi connectivity index (χ0n) is 6.28. The van der Waals surface area contributed by atoms with Gasteiger partial charge in [0.05, 0.1) is 12.6 Å². The summed E-state index contributed by atoms with van der Waals surface area (Å²) in [5.74, 6) is 0. The van der Waals surface area contributed by atoms with Crippen LogP contribution >= 0.6 is 0 Å². The van der Waals surface area contributed by atoms with Gasteiger partial charge in [0.2, 0.25) is 0 Å². The van der Waals surface area contributed by atoms with Crippen LogP contribution in [0.4, 0.5) is 0 Å². The molecular formula is C8H8N3.